The molecule has 0 aliphatic carbocycles. The first kappa shape index (κ1) is 9.83. The number of allylic oxidation sites excluding steroid dienone is 1. The molecular formula is C11H9NO5. The second-order valence-electron chi connectivity index (χ2n) is 3.54. The van der Waals surface area contributed by atoms with Crippen LogP contribution in [0.4, 0.5) is 0 Å². The molecule has 0 atom stereocenters. The average molecular weight is 235 g/mol. The van der Waals surface area contributed by atoms with Crippen molar-refractivity contribution in [2.24, 2.45) is 0 Å². The van der Waals surface area contributed by atoms with Crippen molar-refractivity contribution in [2.75, 3.05) is 6.79 Å². The minimum absolute atomic E-state index is 0.0840. The number of fused-ring (bicyclic) bond motifs is 3. The fraction of sp³-hybridized carbons (Fsp3) is 0.182. The predicted octanol–water partition coefficient (Wildman–Crippen LogP) is 1.59. The third-order valence-electron chi connectivity index (χ3n) is 2.49. The summed E-state index contributed by atoms with van der Waals surface area (Å²) in [6.45, 7) is 1.84. The van der Waals surface area contributed by atoms with Crippen molar-refractivity contribution in [3.05, 3.63) is 22.1 Å². The van der Waals surface area contributed by atoms with Crippen LogP contribution >= 0.6 is 0 Å². The van der Waals surface area contributed by atoms with Crippen molar-refractivity contribution in [1.29, 1.82) is 0 Å². The van der Waals surface area contributed by atoms with E-state index >= 15 is 0 Å². The van der Waals surface area contributed by atoms with Gasteiger partial charge in [0.05, 0.1) is 0 Å². The van der Waals surface area contributed by atoms with E-state index in [4.69, 9.17) is 13.9 Å². The number of nitrogens with one attached hydrogen (secondary N) is 1. The van der Waals surface area contributed by atoms with Crippen molar-refractivity contribution in [3.63, 3.8) is 0 Å². The first-order chi connectivity index (χ1) is 8.22. The Hall–Kier alpha value is -2.37. The normalized spacial score (nSPS) is 13.9. The minimum atomic E-state index is -0.541. The van der Waals surface area contributed by atoms with E-state index < -0.39 is 11.2 Å². The second kappa shape index (κ2) is 3.31. The van der Waals surface area contributed by atoms with Crippen molar-refractivity contribution >= 4 is 17.2 Å². The zero-order valence-corrected chi connectivity index (χ0v) is 8.94. The lowest BCUT2D eigenvalue weighted by atomic mass is 10.3. The zero-order chi connectivity index (χ0) is 12.0. The van der Waals surface area contributed by atoms with Crippen LogP contribution in [0.5, 0.6) is 17.4 Å². The molecule has 88 valence electrons. The molecule has 17 heavy (non-hydrogen) atoms. The highest BCUT2D eigenvalue weighted by molar-refractivity contribution is 5.85. The average Bonchev–Trinajstić information content (AvgIpc) is 2.87. The van der Waals surface area contributed by atoms with Crippen molar-refractivity contribution in [3.8, 4) is 17.4 Å². The predicted molar refractivity (Wildman–Crippen MR) is 59.3 cm³/mol. The molecule has 0 amide bonds. The molecule has 3 heterocycles. The Bertz CT molecular complexity index is 679. The number of hydrogen-bond acceptors (Lipinski definition) is 5. The minimum Gasteiger partial charge on any atom is -0.501 e. The van der Waals surface area contributed by atoms with Gasteiger partial charge in [-0.3, -0.25) is 4.79 Å². The van der Waals surface area contributed by atoms with Crippen LogP contribution in [-0.4, -0.2) is 16.9 Å². The van der Waals surface area contributed by atoms with E-state index in [0.29, 0.717) is 11.6 Å². The molecular weight excluding hydrogens is 226 g/mol. The number of aromatic hydroxyl groups is 1. The zero-order valence-electron chi connectivity index (χ0n) is 8.94. The Morgan fingerprint density at radius 1 is 1.41 bits per heavy atom. The Balaban J connectivity index is 2.41. The molecule has 0 radical (unpaired) electrons. The van der Waals surface area contributed by atoms with E-state index in [0.717, 1.165) is 0 Å². The molecule has 2 aromatic rings. The van der Waals surface area contributed by atoms with Gasteiger partial charge in [0.15, 0.2) is 5.76 Å². The topological polar surface area (TPSA) is 84.7 Å². The summed E-state index contributed by atoms with van der Waals surface area (Å²) in [5.41, 5.74) is -0.144. The molecule has 0 unspecified atom stereocenters. The SMILES string of the molecule is CC=Cc1oc2c3c([nH]c2c(=O)c1O)OCO3. The van der Waals surface area contributed by atoms with Gasteiger partial charge in [-0.2, -0.15) is 0 Å². The van der Waals surface area contributed by atoms with Gasteiger partial charge in [-0.05, 0) is 13.0 Å². The molecule has 0 fully saturated rings. The standard InChI is InChI=1S/C11H9NO5/c1-2-3-5-7(13)8(14)6-9(17-5)10-11(12-6)16-4-15-10/h2-3,12-13H,4H2,1H3. The number of ether oxygens (including phenoxy) is 2. The molecule has 1 aliphatic heterocycles. The van der Waals surface area contributed by atoms with Gasteiger partial charge in [0.25, 0.3) is 5.43 Å². The molecule has 1 aliphatic rings. The van der Waals surface area contributed by atoms with Crippen LogP contribution in [0, 0.1) is 0 Å². The van der Waals surface area contributed by atoms with Crippen molar-refractivity contribution in [1.82, 2.24) is 4.98 Å². The summed E-state index contributed by atoms with van der Waals surface area (Å²) in [5, 5.41) is 9.66. The van der Waals surface area contributed by atoms with Crippen LogP contribution in [0.3, 0.4) is 0 Å². The highest BCUT2D eigenvalue weighted by Crippen LogP contribution is 2.39. The highest BCUT2D eigenvalue weighted by atomic mass is 16.7. The van der Waals surface area contributed by atoms with Gasteiger partial charge in [0.2, 0.25) is 29.8 Å². The van der Waals surface area contributed by atoms with Crippen LogP contribution in [0.1, 0.15) is 12.7 Å². The Kier molecular flexibility index (Phi) is 1.91. The Morgan fingerprint density at radius 3 is 3.00 bits per heavy atom. The molecule has 6 heteroatoms. The lowest BCUT2D eigenvalue weighted by Crippen LogP contribution is -2.04. The maximum atomic E-state index is 11.8. The summed E-state index contributed by atoms with van der Waals surface area (Å²) in [6, 6.07) is 0. The van der Waals surface area contributed by atoms with Crippen LogP contribution in [0.25, 0.3) is 17.2 Å². The number of aromatic nitrogens is 1. The molecule has 3 rings (SSSR count). The third-order valence-corrected chi connectivity index (χ3v) is 2.49. The molecule has 0 aromatic carbocycles. The van der Waals surface area contributed by atoms with Crippen LogP contribution in [0.15, 0.2) is 15.3 Å². The van der Waals surface area contributed by atoms with Gasteiger partial charge >= 0.3 is 0 Å². The van der Waals surface area contributed by atoms with E-state index in [9.17, 15) is 9.90 Å². The number of rotatable bonds is 1. The third kappa shape index (κ3) is 1.24. The molecule has 6 nitrogen and oxygen atoms in total. The maximum Gasteiger partial charge on any atom is 0.251 e. The van der Waals surface area contributed by atoms with Crippen LogP contribution < -0.4 is 14.9 Å². The Labute approximate surface area is 95.1 Å². The number of hydrogen-bond donors (Lipinski definition) is 2. The van der Waals surface area contributed by atoms with Gasteiger partial charge in [0, 0.05) is 0 Å². The van der Waals surface area contributed by atoms with Crippen molar-refractivity contribution in [2.45, 2.75) is 6.92 Å². The summed E-state index contributed by atoms with van der Waals surface area (Å²) < 4.78 is 15.7. The fourth-order valence-corrected chi connectivity index (χ4v) is 1.73. The van der Waals surface area contributed by atoms with E-state index in [1.54, 1.807) is 13.0 Å². The maximum absolute atomic E-state index is 11.8. The smallest absolute Gasteiger partial charge is 0.251 e. The lowest BCUT2D eigenvalue weighted by molar-refractivity contribution is 0.170. The molecule has 0 saturated heterocycles. The molecule has 0 bridgehead atoms. The molecule has 0 spiro atoms. The second-order valence-corrected chi connectivity index (χ2v) is 3.54. The summed E-state index contributed by atoms with van der Waals surface area (Å²) in [7, 11) is 0. The van der Waals surface area contributed by atoms with E-state index in [2.05, 4.69) is 4.98 Å². The van der Waals surface area contributed by atoms with Gasteiger partial charge in [-0.15, -0.1) is 0 Å². The molecule has 2 N–H and O–H groups in total. The fourth-order valence-electron chi connectivity index (χ4n) is 1.73. The molecule has 0 saturated carbocycles. The molecule has 2 aromatic heterocycles. The summed E-state index contributed by atoms with van der Waals surface area (Å²) >= 11 is 0. The van der Waals surface area contributed by atoms with E-state index in [-0.39, 0.29) is 23.7 Å². The summed E-state index contributed by atoms with van der Waals surface area (Å²) in [4.78, 5) is 14.6. The van der Waals surface area contributed by atoms with Crippen LogP contribution in [-0.2, 0) is 0 Å². The number of H-pyrrole nitrogens is 1. The summed E-state index contributed by atoms with van der Waals surface area (Å²) in [5.74, 6) is 0.374. The van der Waals surface area contributed by atoms with Gasteiger partial charge in [-0.1, -0.05) is 6.08 Å². The van der Waals surface area contributed by atoms with Crippen LogP contribution in [0.2, 0.25) is 0 Å². The first-order valence-corrected chi connectivity index (χ1v) is 5.02. The van der Waals surface area contributed by atoms with Crippen molar-refractivity contribution < 1.29 is 19.0 Å². The first-order valence-electron chi connectivity index (χ1n) is 5.02. The van der Waals surface area contributed by atoms with Gasteiger partial charge in [-0.25, -0.2) is 0 Å². The largest absolute Gasteiger partial charge is 0.501 e. The number of aromatic amines is 1. The van der Waals surface area contributed by atoms with Gasteiger partial charge in [0.1, 0.15) is 5.52 Å². The highest BCUT2D eigenvalue weighted by Gasteiger charge is 2.26. The lowest BCUT2D eigenvalue weighted by Gasteiger charge is -1.99. The summed E-state index contributed by atoms with van der Waals surface area (Å²) in [6.07, 6.45) is 3.17. The monoisotopic (exact) mass is 235 g/mol. The van der Waals surface area contributed by atoms with E-state index in [1.165, 1.54) is 6.08 Å². The Morgan fingerprint density at radius 2 is 2.24 bits per heavy atom. The van der Waals surface area contributed by atoms with Gasteiger partial charge < -0.3 is 24.0 Å². The van der Waals surface area contributed by atoms with E-state index in [1.807, 2.05) is 0 Å². The quantitative estimate of drug-likeness (QED) is 0.784.